The molecule has 8 nitrogen and oxygen atoms in total. The fraction of sp³-hybridized carbons (Fsp3) is 0.500. The van der Waals surface area contributed by atoms with Gasteiger partial charge in [0.2, 0.25) is 15.9 Å². The molecule has 1 aliphatic heterocycles. The number of amides is 1. The first kappa shape index (κ1) is 22.7. The quantitative estimate of drug-likeness (QED) is 0.719. The highest BCUT2D eigenvalue weighted by atomic mass is 35.5. The van der Waals surface area contributed by atoms with Crippen molar-refractivity contribution < 1.29 is 17.7 Å². The van der Waals surface area contributed by atoms with Crippen LogP contribution in [0.15, 0.2) is 33.7 Å². The molecule has 1 fully saturated rings. The van der Waals surface area contributed by atoms with Gasteiger partial charge in [0.05, 0.1) is 6.04 Å². The van der Waals surface area contributed by atoms with Crippen molar-refractivity contribution in [1.29, 1.82) is 0 Å². The molecular formula is C20H27ClN4O4S. The Bertz CT molecular complexity index is 971. The second-order valence-electron chi connectivity index (χ2n) is 7.58. The van der Waals surface area contributed by atoms with E-state index in [9.17, 15) is 13.2 Å². The molecule has 0 bridgehead atoms. The summed E-state index contributed by atoms with van der Waals surface area (Å²) in [4.78, 5) is 16.9. The van der Waals surface area contributed by atoms with Gasteiger partial charge in [-0.1, -0.05) is 28.9 Å². The van der Waals surface area contributed by atoms with Gasteiger partial charge in [-0.25, -0.2) is 8.42 Å². The number of nitrogens with one attached hydrogen (secondary N) is 1. The van der Waals surface area contributed by atoms with E-state index in [1.807, 2.05) is 24.3 Å². The number of aryl methyl sites for hydroxylation is 2. The van der Waals surface area contributed by atoms with Crippen LogP contribution in [-0.2, 0) is 21.4 Å². The minimum Gasteiger partial charge on any atom is -0.360 e. The van der Waals surface area contributed by atoms with E-state index in [4.69, 9.17) is 16.1 Å². The molecule has 0 radical (unpaired) electrons. The summed E-state index contributed by atoms with van der Waals surface area (Å²) in [7, 11) is -3.90. The molecule has 164 valence electrons. The summed E-state index contributed by atoms with van der Waals surface area (Å²) in [6.07, 6.45) is 0.822. The van der Waals surface area contributed by atoms with Gasteiger partial charge in [0.25, 0.3) is 0 Å². The number of sulfonamides is 1. The van der Waals surface area contributed by atoms with Crippen LogP contribution in [0.5, 0.6) is 0 Å². The Balaban J connectivity index is 1.59. The van der Waals surface area contributed by atoms with E-state index in [0.29, 0.717) is 18.1 Å². The smallest absolute Gasteiger partial charge is 0.246 e. The highest BCUT2D eigenvalue weighted by molar-refractivity contribution is 7.89. The molecule has 1 N–H and O–H groups in total. The second kappa shape index (κ2) is 9.47. The zero-order valence-corrected chi connectivity index (χ0v) is 19.0. The molecule has 1 saturated heterocycles. The number of aromatic nitrogens is 1. The number of carbonyl (C=O) groups is 1. The molecule has 30 heavy (non-hydrogen) atoms. The topological polar surface area (TPSA) is 95.8 Å². The van der Waals surface area contributed by atoms with Gasteiger partial charge in [-0.2, -0.15) is 4.72 Å². The van der Waals surface area contributed by atoms with Gasteiger partial charge in [0, 0.05) is 37.7 Å². The van der Waals surface area contributed by atoms with E-state index in [0.717, 1.165) is 26.1 Å². The van der Waals surface area contributed by atoms with Gasteiger partial charge in [-0.15, -0.1) is 0 Å². The summed E-state index contributed by atoms with van der Waals surface area (Å²) in [6.45, 7) is 8.16. The lowest BCUT2D eigenvalue weighted by Crippen LogP contribution is -2.48. The van der Waals surface area contributed by atoms with E-state index < -0.39 is 16.1 Å². The Kier molecular flexibility index (Phi) is 7.18. The zero-order valence-electron chi connectivity index (χ0n) is 17.4. The molecule has 1 aromatic heterocycles. The molecule has 0 spiro atoms. The average molecular weight is 455 g/mol. The lowest BCUT2D eigenvalue weighted by Gasteiger charge is -2.25. The van der Waals surface area contributed by atoms with Crippen LogP contribution in [0.4, 0.5) is 0 Å². The van der Waals surface area contributed by atoms with Crippen LogP contribution < -0.4 is 4.72 Å². The molecule has 2 heterocycles. The summed E-state index contributed by atoms with van der Waals surface area (Å²) in [5, 5.41) is 4.39. The Morgan fingerprint density at radius 1 is 1.20 bits per heavy atom. The fourth-order valence-electron chi connectivity index (χ4n) is 3.67. The molecule has 3 rings (SSSR count). The summed E-state index contributed by atoms with van der Waals surface area (Å²) in [5.74, 6) is -0.0362. The number of hydrogen-bond acceptors (Lipinski definition) is 6. The molecule has 0 unspecified atom stereocenters. The first-order chi connectivity index (χ1) is 14.2. The van der Waals surface area contributed by atoms with Crippen molar-refractivity contribution in [1.82, 2.24) is 19.7 Å². The Labute approximate surface area is 182 Å². The predicted molar refractivity (Wildman–Crippen MR) is 114 cm³/mol. The fourth-order valence-corrected chi connectivity index (χ4v) is 5.32. The maximum Gasteiger partial charge on any atom is 0.246 e. The third kappa shape index (κ3) is 5.40. The van der Waals surface area contributed by atoms with Crippen molar-refractivity contribution in [2.24, 2.45) is 0 Å². The molecule has 10 heteroatoms. The molecule has 1 atom stereocenters. The van der Waals surface area contributed by atoms with Crippen molar-refractivity contribution in [3.63, 3.8) is 0 Å². The Hall–Kier alpha value is -1.94. The molecular weight excluding hydrogens is 428 g/mol. The van der Waals surface area contributed by atoms with Gasteiger partial charge in [0.15, 0.2) is 5.76 Å². The van der Waals surface area contributed by atoms with E-state index in [2.05, 4.69) is 14.8 Å². The van der Waals surface area contributed by atoms with Gasteiger partial charge < -0.3 is 9.42 Å². The van der Waals surface area contributed by atoms with E-state index in [1.54, 1.807) is 18.7 Å². The van der Waals surface area contributed by atoms with Crippen molar-refractivity contribution in [2.75, 3.05) is 26.2 Å². The second-order valence-corrected chi connectivity index (χ2v) is 9.66. The Morgan fingerprint density at radius 3 is 2.53 bits per heavy atom. The maximum absolute atomic E-state index is 12.9. The SMILES string of the molecule is Cc1noc(C)c1S(=O)(=O)N[C@@H](C)C(=O)N1CCCN(Cc2ccc(Cl)cc2)CC1. The van der Waals surface area contributed by atoms with Gasteiger partial charge in [-0.05, 0) is 44.9 Å². The van der Waals surface area contributed by atoms with Gasteiger partial charge in [-0.3, -0.25) is 9.69 Å². The number of halogens is 1. The third-order valence-electron chi connectivity index (χ3n) is 5.16. The zero-order chi connectivity index (χ0) is 21.9. The van der Waals surface area contributed by atoms with Crippen LogP contribution in [-0.4, -0.2) is 61.5 Å². The van der Waals surface area contributed by atoms with Crippen molar-refractivity contribution in [2.45, 2.75) is 44.7 Å². The summed E-state index contributed by atoms with van der Waals surface area (Å²) < 4.78 is 32.8. The highest BCUT2D eigenvalue weighted by Gasteiger charge is 2.30. The lowest BCUT2D eigenvalue weighted by molar-refractivity contribution is -0.132. The minimum atomic E-state index is -3.90. The van der Waals surface area contributed by atoms with E-state index in [1.165, 1.54) is 12.5 Å². The third-order valence-corrected chi connectivity index (χ3v) is 7.19. The molecule has 1 aromatic carbocycles. The van der Waals surface area contributed by atoms with Crippen molar-refractivity contribution in [3.8, 4) is 0 Å². The monoisotopic (exact) mass is 454 g/mol. The van der Waals surface area contributed by atoms with Crippen LogP contribution in [0.3, 0.4) is 0 Å². The summed E-state index contributed by atoms with van der Waals surface area (Å²) >= 11 is 5.94. The number of nitrogens with zero attached hydrogens (tertiary/aromatic N) is 3. The average Bonchev–Trinajstić information content (AvgIpc) is 2.89. The molecule has 0 aliphatic carbocycles. The predicted octanol–water partition coefficient (Wildman–Crippen LogP) is 2.35. The molecule has 1 aliphatic rings. The van der Waals surface area contributed by atoms with Crippen LogP contribution in [0, 0.1) is 13.8 Å². The van der Waals surface area contributed by atoms with Crippen LogP contribution in [0.25, 0.3) is 0 Å². The van der Waals surface area contributed by atoms with Gasteiger partial charge in [0.1, 0.15) is 10.6 Å². The molecule has 0 saturated carbocycles. The first-order valence-corrected chi connectivity index (χ1v) is 11.7. The number of hydrogen-bond donors (Lipinski definition) is 1. The van der Waals surface area contributed by atoms with Crippen LogP contribution in [0.1, 0.15) is 30.4 Å². The number of benzene rings is 1. The highest BCUT2D eigenvalue weighted by Crippen LogP contribution is 2.19. The van der Waals surface area contributed by atoms with Gasteiger partial charge >= 0.3 is 0 Å². The normalized spacial score (nSPS) is 17.0. The largest absolute Gasteiger partial charge is 0.360 e. The lowest BCUT2D eigenvalue weighted by atomic mass is 10.2. The van der Waals surface area contributed by atoms with Crippen LogP contribution >= 0.6 is 11.6 Å². The van der Waals surface area contributed by atoms with Crippen LogP contribution in [0.2, 0.25) is 5.02 Å². The van der Waals surface area contributed by atoms with E-state index >= 15 is 0 Å². The van der Waals surface area contributed by atoms with E-state index in [-0.39, 0.29) is 22.3 Å². The molecule has 1 amide bonds. The summed E-state index contributed by atoms with van der Waals surface area (Å²) in [6, 6.07) is 6.87. The van der Waals surface area contributed by atoms with Crippen molar-refractivity contribution >= 4 is 27.5 Å². The number of rotatable bonds is 6. The minimum absolute atomic E-state index is 0.00726. The standard InChI is InChI=1S/C20H27ClN4O4S/c1-14-19(16(3)29-22-14)30(27,28)23-15(2)20(26)25-10-4-9-24(11-12-25)13-17-5-7-18(21)8-6-17/h5-8,15,23H,4,9-13H2,1-3H3/t15-/m0/s1. The first-order valence-electron chi connectivity index (χ1n) is 9.88. The Morgan fingerprint density at radius 2 is 1.90 bits per heavy atom. The van der Waals surface area contributed by atoms with Crippen molar-refractivity contribution in [3.05, 3.63) is 46.3 Å². The molecule has 2 aromatic rings. The number of carbonyl (C=O) groups excluding carboxylic acids is 1. The maximum atomic E-state index is 12.9. The summed E-state index contributed by atoms with van der Waals surface area (Å²) in [5.41, 5.74) is 1.44.